The number of hydrogen-bond acceptors (Lipinski definition) is 6. The van der Waals surface area contributed by atoms with E-state index in [1.807, 2.05) is 4.90 Å². The van der Waals surface area contributed by atoms with Gasteiger partial charge in [0, 0.05) is 19.6 Å². The van der Waals surface area contributed by atoms with Crippen molar-refractivity contribution in [3.8, 4) is 0 Å². The van der Waals surface area contributed by atoms with Crippen LogP contribution in [0.4, 0.5) is 0 Å². The minimum absolute atomic E-state index is 0.198. The summed E-state index contributed by atoms with van der Waals surface area (Å²) in [5.74, 6) is 0.666. The van der Waals surface area contributed by atoms with Gasteiger partial charge in [-0.25, -0.2) is 0 Å². The molecule has 0 saturated carbocycles. The van der Waals surface area contributed by atoms with E-state index < -0.39 is 0 Å². The van der Waals surface area contributed by atoms with E-state index in [9.17, 15) is 4.79 Å². The van der Waals surface area contributed by atoms with Gasteiger partial charge < -0.3 is 10.2 Å². The number of rotatable bonds is 3. The van der Waals surface area contributed by atoms with Crippen LogP contribution in [0.5, 0.6) is 0 Å². The summed E-state index contributed by atoms with van der Waals surface area (Å²) in [4.78, 5) is 13.8. The summed E-state index contributed by atoms with van der Waals surface area (Å²) in [6, 6.07) is 0. The predicted molar refractivity (Wildman–Crippen MR) is 64.7 cm³/mol. The summed E-state index contributed by atoms with van der Waals surface area (Å²) in [5, 5.41) is 10.9. The van der Waals surface area contributed by atoms with E-state index in [0.717, 1.165) is 36.9 Å². The molecule has 0 unspecified atom stereocenters. The third-order valence-electron chi connectivity index (χ3n) is 2.35. The Morgan fingerprint density at radius 3 is 3.31 bits per heavy atom. The fourth-order valence-corrected chi connectivity index (χ4v) is 2.93. The quantitative estimate of drug-likeness (QED) is 0.798. The lowest BCUT2D eigenvalue weighted by molar-refractivity contribution is -0.128. The van der Waals surface area contributed by atoms with Crippen molar-refractivity contribution >= 4 is 29.0 Å². The van der Waals surface area contributed by atoms with E-state index in [-0.39, 0.29) is 5.91 Å². The predicted octanol–water partition coefficient (Wildman–Crippen LogP) is 0.452. The maximum Gasteiger partial charge on any atom is 0.233 e. The zero-order valence-electron chi connectivity index (χ0n) is 8.89. The second-order valence-corrected chi connectivity index (χ2v) is 5.53. The second-order valence-electron chi connectivity index (χ2n) is 3.48. The molecule has 1 saturated heterocycles. The summed E-state index contributed by atoms with van der Waals surface area (Å²) in [6.07, 6.45) is 1.04. The summed E-state index contributed by atoms with van der Waals surface area (Å²) >= 11 is 2.94. The van der Waals surface area contributed by atoms with E-state index >= 15 is 0 Å². The normalized spacial score (nSPS) is 17.1. The smallest absolute Gasteiger partial charge is 0.233 e. The van der Waals surface area contributed by atoms with Gasteiger partial charge in [-0.3, -0.25) is 4.79 Å². The first-order valence-corrected chi connectivity index (χ1v) is 7.10. The molecule has 7 heteroatoms. The van der Waals surface area contributed by atoms with Crippen molar-refractivity contribution in [2.24, 2.45) is 0 Å². The maximum atomic E-state index is 11.9. The molecule has 1 N–H and O–H groups in total. The highest BCUT2D eigenvalue weighted by atomic mass is 32.2. The molecule has 1 aliphatic heterocycles. The minimum atomic E-state index is 0.198. The third-order valence-corrected chi connectivity index (χ3v) is 4.20. The van der Waals surface area contributed by atoms with Crippen LogP contribution in [0.2, 0.25) is 0 Å². The monoisotopic (exact) mass is 258 g/mol. The molecular formula is C9H14N4OS2. The Morgan fingerprint density at radius 2 is 2.50 bits per heavy atom. The van der Waals surface area contributed by atoms with Crippen LogP contribution in [0.3, 0.4) is 0 Å². The molecule has 1 fully saturated rings. The highest BCUT2D eigenvalue weighted by Gasteiger charge is 2.15. The van der Waals surface area contributed by atoms with E-state index in [2.05, 4.69) is 15.5 Å². The Bertz CT molecular complexity index is 322. The van der Waals surface area contributed by atoms with Crippen molar-refractivity contribution in [1.82, 2.24) is 20.4 Å². The van der Waals surface area contributed by atoms with Gasteiger partial charge >= 0.3 is 0 Å². The highest BCUT2D eigenvalue weighted by molar-refractivity contribution is 8.01. The zero-order valence-corrected chi connectivity index (χ0v) is 10.5. The fourth-order valence-electron chi connectivity index (χ4n) is 1.54. The summed E-state index contributed by atoms with van der Waals surface area (Å²) < 4.78 is 0.862. The number of carbonyl (C=O) groups excluding carboxylic acids is 1. The van der Waals surface area contributed by atoms with E-state index in [1.165, 1.54) is 23.1 Å². The van der Waals surface area contributed by atoms with Gasteiger partial charge in [-0.1, -0.05) is 23.1 Å². The number of amides is 1. The first kappa shape index (κ1) is 11.8. The Balaban J connectivity index is 1.78. The van der Waals surface area contributed by atoms with Crippen molar-refractivity contribution in [1.29, 1.82) is 0 Å². The molecule has 2 heterocycles. The molecule has 0 aliphatic carbocycles. The van der Waals surface area contributed by atoms with Gasteiger partial charge in [-0.2, -0.15) is 0 Å². The average molecular weight is 258 g/mol. The molecule has 2 rings (SSSR count). The molecule has 0 radical (unpaired) electrons. The number of aromatic nitrogens is 2. The van der Waals surface area contributed by atoms with Crippen LogP contribution in [0.1, 0.15) is 6.42 Å². The fraction of sp³-hybridized carbons (Fsp3) is 0.667. The second kappa shape index (κ2) is 6.17. The lowest BCUT2D eigenvalue weighted by Gasteiger charge is -2.19. The van der Waals surface area contributed by atoms with E-state index in [0.29, 0.717) is 5.75 Å². The first-order chi connectivity index (χ1) is 7.86. The molecule has 88 valence electrons. The van der Waals surface area contributed by atoms with Crippen LogP contribution >= 0.6 is 23.1 Å². The average Bonchev–Trinajstić information content (AvgIpc) is 2.66. The van der Waals surface area contributed by atoms with Gasteiger partial charge in [0.25, 0.3) is 0 Å². The Kier molecular flexibility index (Phi) is 4.55. The van der Waals surface area contributed by atoms with Crippen molar-refractivity contribution in [3.63, 3.8) is 0 Å². The van der Waals surface area contributed by atoms with E-state index in [1.54, 1.807) is 5.51 Å². The van der Waals surface area contributed by atoms with Gasteiger partial charge in [-0.15, -0.1) is 10.2 Å². The Morgan fingerprint density at radius 1 is 1.56 bits per heavy atom. The van der Waals surface area contributed by atoms with Crippen LogP contribution in [-0.4, -0.2) is 52.9 Å². The molecule has 1 aromatic rings. The minimum Gasteiger partial charge on any atom is -0.341 e. The van der Waals surface area contributed by atoms with Crippen LogP contribution in [-0.2, 0) is 4.79 Å². The molecule has 0 aromatic carbocycles. The zero-order chi connectivity index (χ0) is 11.2. The largest absolute Gasteiger partial charge is 0.341 e. The van der Waals surface area contributed by atoms with Gasteiger partial charge in [0.2, 0.25) is 5.91 Å². The Labute approximate surface area is 103 Å². The maximum absolute atomic E-state index is 11.9. The van der Waals surface area contributed by atoms with Crippen molar-refractivity contribution < 1.29 is 4.79 Å². The lowest BCUT2D eigenvalue weighted by Crippen LogP contribution is -2.35. The number of nitrogens with zero attached hydrogens (tertiary/aromatic N) is 3. The van der Waals surface area contributed by atoms with Crippen LogP contribution < -0.4 is 5.32 Å². The van der Waals surface area contributed by atoms with Gasteiger partial charge in [0.15, 0.2) is 4.34 Å². The molecule has 0 bridgehead atoms. The van der Waals surface area contributed by atoms with Gasteiger partial charge in [0.1, 0.15) is 5.51 Å². The Hall–Kier alpha value is -0.660. The van der Waals surface area contributed by atoms with Crippen LogP contribution in [0.15, 0.2) is 9.85 Å². The molecule has 0 spiro atoms. The van der Waals surface area contributed by atoms with Crippen molar-refractivity contribution in [3.05, 3.63) is 5.51 Å². The summed E-state index contributed by atoms with van der Waals surface area (Å²) in [7, 11) is 0. The van der Waals surface area contributed by atoms with Crippen LogP contribution in [0.25, 0.3) is 0 Å². The highest BCUT2D eigenvalue weighted by Crippen LogP contribution is 2.19. The number of hydrogen-bond donors (Lipinski definition) is 1. The lowest BCUT2D eigenvalue weighted by atomic mass is 10.4. The summed E-state index contributed by atoms with van der Waals surface area (Å²) in [6.45, 7) is 3.58. The topological polar surface area (TPSA) is 58.1 Å². The summed E-state index contributed by atoms with van der Waals surface area (Å²) in [5.41, 5.74) is 1.68. The molecule has 16 heavy (non-hydrogen) atoms. The number of carbonyl (C=O) groups is 1. The molecule has 0 atom stereocenters. The van der Waals surface area contributed by atoms with Crippen LogP contribution in [0, 0.1) is 0 Å². The first-order valence-electron chi connectivity index (χ1n) is 5.24. The molecule has 5 nitrogen and oxygen atoms in total. The third kappa shape index (κ3) is 3.43. The van der Waals surface area contributed by atoms with Gasteiger partial charge in [0.05, 0.1) is 5.75 Å². The number of thioether (sulfide) groups is 1. The van der Waals surface area contributed by atoms with Crippen molar-refractivity contribution in [2.45, 2.75) is 10.8 Å². The van der Waals surface area contributed by atoms with Crippen molar-refractivity contribution in [2.75, 3.05) is 31.9 Å². The number of nitrogens with one attached hydrogen (secondary N) is 1. The van der Waals surface area contributed by atoms with Gasteiger partial charge in [-0.05, 0) is 13.0 Å². The van der Waals surface area contributed by atoms with E-state index in [4.69, 9.17) is 0 Å². The standard InChI is InChI=1S/C9H14N4OS2/c14-8(6-15-9-12-11-7-16-9)13-4-1-2-10-3-5-13/h7,10H,1-6H2. The molecular weight excluding hydrogens is 244 g/mol. The molecule has 1 aromatic heterocycles. The SMILES string of the molecule is O=C(CSc1nncs1)N1CCCNCC1. The molecule has 1 amide bonds. The molecule has 1 aliphatic rings.